The van der Waals surface area contributed by atoms with Crippen LogP contribution in [-0.2, 0) is 10.4 Å². The van der Waals surface area contributed by atoms with Crippen molar-refractivity contribution in [3.8, 4) is 6.07 Å². The van der Waals surface area contributed by atoms with Crippen LogP contribution in [0.15, 0.2) is 18.3 Å². The number of nitrogens with zero attached hydrogens (tertiary/aromatic N) is 3. The first kappa shape index (κ1) is 13.7. The Bertz CT molecular complexity index is 591. The second-order valence-corrected chi connectivity index (χ2v) is 5.61. The topological polar surface area (TPSA) is 86.1 Å². The Balaban J connectivity index is 1.98. The summed E-state index contributed by atoms with van der Waals surface area (Å²) in [7, 11) is -4.60. The maximum Gasteiger partial charge on any atom is 0.374 e. The van der Waals surface area contributed by atoms with Crippen LogP contribution in [0.25, 0.3) is 0 Å². The molecule has 0 aromatic carbocycles. The maximum atomic E-state index is 12.8. The largest absolute Gasteiger partial charge is 0.374 e. The van der Waals surface area contributed by atoms with Crippen LogP contribution >= 0.6 is 0 Å². The second-order valence-electron chi connectivity index (χ2n) is 4.27. The highest BCUT2D eigenvalue weighted by atomic mass is 32.3. The van der Waals surface area contributed by atoms with Gasteiger partial charge in [0.2, 0.25) is 0 Å². The van der Waals surface area contributed by atoms with Crippen molar-refractivity contribution in [1.82, 2.24) is 9.29 Å². The zero-order chi connectivity index (χ0) is 13.9. The number of rotatable bonds is 3. The van der Waals surface area contributed by atoms with Crippen LogP contribution < -0.4 is 5.32 Å². The molecule has 2 rings (SSSR count). The quantitative estimate of drug-likeness (QED) is 0.838. The molecule has 1 aromatic rings. The lowest BCUT2D eigenvalue weighted by Crippen LogP contribution is -2.41. The van der Waals surface area contributed by atoms with E-state index in [2.05, 4.69) is 10.3 Å². The summed E-state index contributed by atoms with van der Waals surface area (Å²) < 4.78 is 35.1. The molecule has 0 unspecified atom stereocenters. The van der Waals surface area contributed by atoms with E-state index in [-0.39, 0.29) is 19.1 Å². The summed E-state index contributed by atoms with van der Waals surface area (Å²) in [4.78, 5) is 4.07. The number of pyridine rings is 1. The third kappa shape index (κ3) is 3.39. The Morgan fingerprint density at radius 1 is 1.47 bits per heavy atom. The van der Waals surface area contributed by atoms with Crippen molar-refractivity contribution in [3.63, 3.8) is 0 Å². The van der Waals surface area contributed by atoms with Gasteiger partial charge in [0.05, 0.1) is 5.56 Å². The third-order valence-electron chi connectivity index (χ3n) is 3.03. The van der Waals surface area contributed by atoms with Crippen LogP contribution in [-0.4, -0.2) is 36.8 Å². The van der Waals surface area contributed by atoms with Gasteiger partial charge in [0.25, 0.3) is 0 Å². The maximum absolute atomic E-state index is 12.8. The van der Waals surface area contributed by atoms with Gasteiger partial charge < -0.3 is 5.32 Å². The average molecular weight is 284 g/mol. The van der Waals surface area contributed by atoms with Gasteiger partial charge in [-0.25, -0.2) is 4.98 Å². The molecule has 1 aliphatic rings. The molecule has 6 nitrogen and oxygen atoms in total. The smallest absolute Gasteiger partial charge is 0.366 e. The molecule has 8 heteroatoms. The molecule has 2 heterocycles. The zero-order valence-corrected chi connectivity index (χ0v) is 10.9. The normalized spacial score (nSPS) is 17.9. The second kappa shape index (κ2) is 5.50. The first-order valence-electron chi connectivity index (χ1n) is 5.82. The molecule has 0 radical (unpaired) electrons. The highest BCUT2D eigenvalue weighted by Crippen LogP contribution is 2.19. The summed E-state index contributed by atoms with van der Waals surface area (Å²) in [5.41, 5.74) is 0.433. The van der Waals surface area contributed by atoms with Crippen molar-refractivity contribution in [1.29, 1.82) is 5.26 Å². The molecule has 0 aliphatic carbocycles. The molecule has 1 aliphatic heterocycles. The fourth-order valence-corrected chi connectivity index (χ4v) is 2.67. The summed E-state index contributed by atoms with van der Waals surface area (Å²) in [6, 6.07) is 5.33. The van der Waals surface area contributed by atoms with Gasteiger partial charge >= 0.3 is 10.4 Å². The molecule has 1 fully saturated rings. The van der Waals surface area contributed by atoms with E-state index in [1.165, 1.54) is 0 Å². The first-order chi connectivity index (χ1) is 9.00. The van der Waals surface area contributed by atoms with E-state index in [9.17, 15) is 12.3 Å². The van der Waals surface area contributed by atoms with E-state index in [1.54, 1.807) is 18.3 Å². The predicted octanol–water partition coefficient (Wildman–Crippen LogP) is 1.04. The average Bonchev–Trinajstić information content (AvgIpc) is 2.39. The zero-order valence-electron chi connectivity index (χ0n) is 10.1. The van der Waals surface area contributed by atoms with Gasteiger partial charge in [-0.2, -0.15) is 18.0 Å². The molecule has 0 atom stereocenters. The number of nitrogens with one attached hydrogen (secondary N) is 1. The summed E-state index contributed by atoms with van der Waals surface area (Å²) in [5, 5.41) is 12.0. The predicted molar refractivity (Wildman–Crippen MR) is 67.2 cm³/mol. The van der Waals surface area contributed by atoms with Gasteiger partial charge in [0.1, 0.15) is 11.9 Å². The number of aromatic nitrogens is 1. The lowest BCUT2D eigenvalue weighted by Gasteiger charge is -2.29. The summed E-state index contributed by atoms with van der Waals surface area (Å²) in [6.45, 7) is 0.260. The lowest BCUT2D eigenvalue weighted by atomic mass is 10.1. The molecule has 0 amide bonds. The van der Waals surface area contributed by atoms with Crippen LogP contribution in [0.2, 0.25) is 0 Å². The number of piperidine rings is 1. The fourth-order valence-electron chi connectivity index (χ4n) is 2.02. The molecular weight excluding hydrogens is 271 g/mol. The summed E-state index contributed by atoms with van der Waals surface area (Å²) in [6.07, 6.45) is 2.53. The Morgan fingerprint density at radius 3 is 2.74 bits per heavy atom. The van der Waals surface area contributed by atoms with Crippen molar-refractivity contribution in [2.24, 2.45) is 0 Å². The van der Waals surface area contributed by atoms with Crippen LogP contribution in [0, 0.1) is 11.3 Å². The van der Waals surface area contributed by atoms with E-state index >= 15 is 0 Å². The van der Waals surface area contributed by atoms with Gasteiger partial charge in [0.15, 0.2) is 0 Å². The molecule has 1 N–H and O–H groups in total. The molecular formula is C11H13FN4O2S. The minimum Gasteiger partial charge on any atom is -0.366 e. The molecule has 1 aromatic heterocycles. The van der Waals surface area contributed by atoms with Crippen LogP contribution in [0.4, 0.5) is 9.70 Å². The minimum absolute atomic E-state index is 0.0139. The van der Waals surface area contributed by atoms with E-state index in [0.717, 1.165) is 4.31 Å². The van der Waals surface area contributed by atoms with E-state index in [1.807, 2.05) is 6.07 Å². The number of anilines is 1. The number of hydrogen-bond acceptors (Lipinski definition) is 5. The number of nitriles is 1. The fraction of sp³-hybridized carbons (Fsp3) is 0.455. The third-order valence-corrected chi connectivity index (χ3v) is 4.01. The van der Waals surface area contributed by atoms with Gasteiger partial charge in [-0.15, -0.1) is 0 Å². The van der Waals surface area contributed by atoms with Gasteiger partial charge in [-0.05, 0) is 25.0 Å². The van der Waals surface area contributed by atoms with Crippen molar-refractivity contribution in [2.45, 2.75) is 18.9 Å². The minimum atomic E-state index is -4.60. The van der Waals surface area contributed by atoms with Crippen LogP contribution in [0.3, 0.4) is 0 Å². The summed E-state index contributed by atoms with van der Waals surface area (Å²) >= 11 is 0. The van der Waals surface area contributed by atoms with Gasteiger partial charge in [0, 0.05) is 25.3 Å². The van der Waals surface area contributed by atoms with Crippen molar-refractivity contribution < 1.29 is 12.3 Å². The molecule has 102 valence electrons. The number of hydrogen-bond donors (Lipinski definition) is 1. The van der Waals surface area contributed by atoms with E-state index in [4.69, 9.17) is 5.26 Å². The van der Waals surface area contributed by atoms with Crippen LogP contribution in [0.5, 0.6) is 0 Å². The molecule has 0 bridgehead atoms. The van der Waals surface area contributed by atoms with Gasteiger partial charge in [-0.1, -0.05) is 3.89 Å². The monoisotopic (exact) mass is 284 g/mol. The molecule has 1 saturated heterocycles. The van der Waals surface area contributed by atoms with Crippen LogP contribution in [0.1, 0.15) is 18.4 Å². The highest BCUT2D eigenvalue weighted by molar-refractivity contribution is 7.83. The Morgan fingerprint density at radius 2 is 2.16 bits per heavy atom. The summed E-state index contributed by atoms with van der Waals surface area (Å²) in [5.74, 6) is 0.478. The molecule has 0 spiro atoms. The standard InChI is InChI=1S/C11H13FN4O2S/c12-19(17,18)16-6-3-10(4-7-16)15-11-9(8-13)2-1-5-14-11/h1-2,5,10H,3-4,6-7H2,(H,14,15). The van der Waals surface area contributed by atoms with Crippen molar-refractivity contribution in [3.05, 3.63) is 23.9 Å². The Hall–Kier alpha value is -1.72. The first-order valence-corrected chi connectivity index (χ1v) is 7.16. The van der Waals surface area contributed by atoms with Gasteiger partial charge in [-0.3, -0.25) is 0 Å². The van der Waals surface area contributed by atoms with Crippen molar-refractivity contribution >= 4 is 16.2 Å². The highest BCUT2D eigenvalue weighted by Gasteiger charge is 2.27. The molecule has 19 heavy (non-hydrogen) atoms. The van der Waals surface area contributed by atoms with E-state index in [0.29, 0.717) is 24.2 Å². The van der Waals surface area contributed by atoms with Crippen molar-refractivity contribution in [2.75, 3.05) is 18.4 Å². The SMILES string of the molecule is N#Cc1cccnc1NC1CCN(S(=O)(=O)F)CC1. The Labute approximate surface area is 111 Å². The lowest BCUT2D eigenvalue weighted by molar-refractivity contribution is 0.314. The van der Waals surface area contributed by atoms with E-state index < -0.39 is 10.4 Å². The Kier molecular flexibility index (Phi) is 3.97. The molecule has 0 saturated carbocycles. The number of halogens is 1.